The van der Waals surface area contributed by atoms with Crippen LogP contribution in [0.5, 0.6) is 5.75 Å². The highest BCUT2D eigenvalue weighted by Gasteiger charge is 2.21. The number of carbonyl (C=O) groups excluding carboxylic acids is 1. The van der Waals surface area contributed by atoms with Gasteiger partial charge in [0.05, 0.1) is 17.9 Å². The van der Waals surface area contributed by atoms with Gasteiger partial charge in [0.25, 0.3) is 0 Å². The van der Waals surface area contributed by atoms with E-state index in [1.807, 2.05) is 45.0 Å². The standard InChI is InChI=1S/C21H28N2O4S/c1-4-23(5-2)28(25,26)20-13-9-18(10-14-20)16-22-21(24)15-17-7-11-19(12-8-17)27-6-3/h7-14H,4-6,15-16H2,1-3H3,(H,22,24). The zero-order valence-electron chi connectivity index (χ0n) is 16.6. The molecule has 152 valence electrons. The summed E-state index contributed by atoms with van der Waals surface area (Å²) < 4.78 is 31.8. The topological polar surface area (TPSA) is 75.7 Å². The molecule has 7 heteroatoms. The van der Waals surface area contributed by atoms with Crippen LogP contribution in [-0.4, -0.2) is 38.3 Å². The van der Waals surface area contributed by atoms with Crippen LogP contribution in [-0.2, 0) is 27.8 Å². The highest BCUT2D eigenvalue weighted by molar-refractivity contribution is 7.89. The average molecular weight is 405 g/mol. The van der Waals surface area contributed by atoms with Crippen molar-refractivity contribution in [2.24, 2.45) is 0 Å². The predicted molar refractivity (Wildman–Crippen MR) is 110 cm³/mol. The van der Waals surface area contributed by atoms with Gasteiger partial charge in [-0.15, -0.1) is 0 Å². The molecule has 0 fully saturated rings. The molecule has 0 spiro atoms. The third kappa shape index (κ3) is 5.81. The summed E-state index contributed by atoms with van der Waals surface area (Å²) in [7, 11) is -3.46. The normalized spacial score (nSPS) is 11.4. The van der Waals surface area contributed by atoms with Crippen molar-refractivity contribution < 1.29 is 17.9 Å². The molecule has 0 saturated carbocycles. The first kappa shape index (κ1) is 21.9. The number of hydrogen-bond acceptors (Lipinski definition) is 4. The van der Waals surface area contributed by atoms with E-state index in [4.69, 9.17) is 4.74 Å². The number of rotatable bonds is 10. The van der Waals surface area contributed by atoms with Crippen molar-refractivity contribution in [3.8, 4) is 5.75 Å². The SMILES string of the molecule is CCOc1ccc(CC(=O)NCc2ccc(S(=O)(=O)N(CC)CC)cc2)cc1. The minimum Gasteiger partial charge on any atom is -0.494 e. The van der Waals surface area contributed by atoms with E-state index < -0.39 is 10.0 Å². The Balaban J connectivity index is 1.91. The second kappa shape index (κ2) is 10.2. The van der Waals surface area contributed by atoms with Crippen molar-refractivity contribution in [3.63, 3.8) is 0 Å². The molecular formula is C21H28N2O4S. The molecule has 0 aliphatic carbocycles. The second-order valence-electron chi connectivity index (χ2n) is 6.26. The van der Waals surface area contributed by atoms with E-state index >= 15 is 0 Å². The lowest BCUT2D eigenvalue weighted by molar-refractivity contribution is -0.120. The van der Waals surface area contributed by atoms with Crippen molar-refractivity contribution in [1.82, 2.24) is 9.62 Å². The zero-order chi connectivity index (χ0) is 20.6. The number of nitrogens with one attached hydrogen (secondary N) is 1. The third-order valence-electron chi connectivity index (χ3n) is 4.36. The Morgan fingerprint density at radius 3 is 2.04 bits per heavy atom. The van der Waals surface area contributed by atoms with Crippen LogP contribution in [0.25, 0.3) is 0 Å². The van der Waals surface area contributed by atoms with Crippen molar-refractivity contribution >= 4 is 15.9 Å². The fourth-order valence-electron chi connectivity index (χ4n) is 2.81. The molecule has 0 atom stereocenters. The van der Waals surface area contributed by atoms with E-state index in [-0.39, 0.29) is 17.2 Å². The molecule has 0 heterocycles. The van der Waals surface area contributed by atoms with Gasteiger partial charge in [-0.05, 0) is 42.3 Å². The van der Waals surface area contributed by atoms with Gasteiger partial charge >= 0.3 is 0 Å². The van der Waals surface area contributed by atoms with Crippen LogP contribution in [0.4, 0.5) is 0 Å². The number of benzene rings is 2. The van der Waals surface area contributed by atoms with Gasteiger partial charge in [0, 0.05) is 19.6 Å². The quantitative estimate of drug-likeness (QED) is 0.661. The fraction of sp³-hybridized carbons (Fsp3) is 0.381. The molecule has 0 saturated heterocycles. The van der Waals surface area contributed by atoms with Gasteiger partial charge in [-0.2, -0.15) is 4.31 Å². The maximum absolute atomic E-state index is 12.5. The minimum absolute atomic E-state index is 0.0935. The molecular weight excluding hydrogens is 376 g/mol. The predicted octanol–water partition coefficient (Wildman–Crippen LogP) is 2.97. The Hall–Kier alpha value is -2.38. The van der Waals surface area contributed by atoms with Crippen LogP contribution in [0, 0.1) is 0 Å². The molecule has 6 nitrogen and oxygen atoms in total. The molecule has 0 aliphatic heterocycles. The summed E-state index contributed by atoms with van der Waals surface area (Å²) >= 11 is 0. The van der Waals surface area contributed by atoms with Crippen molar-refractivity contribution in [3.05, 3.63) is 59.7 Å². The summed E-state index contributed by atoms with van der Waals surface area (Å²) in [6.07, 6.45) is 0.279. The summed E-state index contributed by atoms with van der Waals surface area (Å²) in [5.74, 6) is 0.690. The van der Waals surface area contributed by atoms with Gasteiger partial charge in [0.2, 0.25) is 15.9 Å². The van der Waals surface area contributed by atoms with Gasteiger partial charge < -0.3 is 10.1 Å². The van der Waals surface area contributed by atoms with Crippen LogP contribution >= 0.6 is 0 Å². The summed E-state index contributed by atoms with van der Waals surface area (Å²) in [6.45, 7) is 7.37. The molecule has 1 N–H and O–H groups in total. The molecule has 2 aromatic rings. The Morgan fingerprint density at radius 2 is 1.50 bits per heavy atom. The first-order valence-electron chi connectivity index (χ1n) is 9.48. The highest BCUT2D eigenvalue weighted by atomic mass is 32.2. The summed E-state index contributed by atoms with van der Waals surface area (Å²) in [6, 6.07) is 14.1. The number of ether oxygens (including phenoxy) is 1. The van der Waals surface area contributed by atoms with Crippen LogP contribution in [0.2, 0.25) is 0 Å². The molecule has 1 amide bonds. The summed E-state index contributed by atoms with van der Waals surface area (Å²) in [5, 5.41) is 2.86. The lowest BCUT2D eigenvalue weighted by Crippen LogP contribution is -2.30. The second-order valence-corrected chi connectivity index (χ2v) is 8.20. The van der Waals surface area contributed by atoms with E-state index in [0.29, 0.717) is 26.2 Å². The molecule has 0 bridgehead atoms. The number of carbonyl (C=O) groups is 1. The van der Waals surface area contributed by atoms with Crippen LogP contribution in [0.1, 0.15) is 31.9 Å². The van der Waals surface area contributed by atoms with Gasteiger partial charge in [0.15, 0.2) is 0 Å². The van der Waals surface area contributed by atoms with E-state index in [9.17, 15) is 13.2 Å². The number of nitrogens with zero attached hydrogens (tertiary/aromatic N) is 1. The molecule has 28 heavy (non-hydrogen) atoms. The fourth-order valence-corrected chi connectivity index (χ4v) is 4.27. The Bertz CT molecular complexity index is 858. The van der Waals surface area contributed by atoms with Gasteiger partial charge in [-0.25, -0.2) is 8.42 Å². The smallest absolute Gasteiger partial charge is 0.243 e. The molecule has 0 aromatic heterocycles. The lowest BCUT2D eigenvalue weighted by Gasteiger charge is -2.18. The molecule has 2 aromatic carbocycles. The molecule has 0 aliphatic rings. The van der Waals surface area contributed by atoms with Crippen molar-refractivity contribution in [2.45, 2.75) is 38.6 Å². The molecule has 2 rings (SSSR count). The Labute approximate surface area is 167 Å². The third-order valence-corrected chi connectivity index (χ3v) is 6.42. The van der Waals surface area contributed by atoms with E-state index in [1.165, 1.54) is 4.31 Å². The first-order chi connectivity index (χ1) is 13.4. The Kier molecular flexibility index (Phi) is 8.02. The maximum atomic E-state index is 12.5. The summed E-state index contributed by atoms with van der Waals surface area (Å²) in [5.41, 5.74) is 1.75. The van der Waals surface area contributed by atoms with Crippen LogP contribution in [0.15, 0.2) is 53.4 Å². The van der Waals surface area contributed by atoms with E-state index in [1.54, 1.807) is 24.3 Å². The van der Waals surface area contributed by atoms with Gasteiger partial charge in [0.1, 0.15) is 5.75 Å². The average Bonchev–Trinajstić information content (AvgIpc) is 2.69. The van der Waals surface area contributed by atoms with Gasteiger partial charge in [-0.3, -0.25) is 4.79 Å². The number of hydrogen-bond donors (Lipinski definition) is 1. The monoisotopic (exact) mass is 404 g/mol. The first-order valence-corrected chi connectivity index (χ1v) is 10.9. The number of amides is 1. The minimum atomic E-state index is -3.46. The maximum Gasteiger partial charge on any atom is 0.243 e. The molecule has 0 unspecified atom stereocenters. The molecule has 0 radical (unpaired) electrons. The van der Waals surface area contributed by atoms with E-state index in [0.717, 1.165) is 16.9 Å². The van der Waals surface area contributed by atoms with Crippen LogP contribution in [0.3, 0.4) is 0 Å². The lowest BCUT2D eigenvalue weighted by atomic mass is 10.1. The summed E-state index contributed by atoms with van der Waals surface area (Å²) in [4.78, 5) is 12.4. The van der Waals surface area contributed by atoms with Crippen molar-refractivity contribution in [2.75, 3.05) is 19.7 Å². The van der Waals surface area contributed by atoms with E-state index in [2.05, 4.69) is 5.32 Å². The van der Waals surface area contributed by atoms with Gasteiger partial charge in [-0.1, -0.05) is 38.1 Å². The van der Waals surface area contributed by atoms with Crippen molar-refractivity contribution in [1.29, 1.82) is 0 Å². The highest BCUT2D eigenvalue weighted by Crippen LogP contribution is 2.16. The van der Waals surface area contributed by atoms with Crippen LogP contribution < -0.4 is 10.1 Å². The number of sulfonamides is 1. The largest absolute Gasteiger partial charge is 0.494 e. The Morgan fingerprint density at radius 1 is 0.929 bits per heavy atom. The zero-order valence-corrected chi connectivity index (χ0v) is 17.5.